The molecule has 0 aliphatic heterocycles. The Morgan fingerprint density at radius 2 is 2.00 bits per heavy atom. The third-order valence-electron chi connectivity index (χ3n) is 2.66. The number of aromatic hydroxyl groups is 1. The largest absolute Gasteiger partial charge is 0.504 e. The number of pyridine rings is 1. The van der Waals surface area contributed by atoms with Gasteiger partial charge in [-0.2, -0.15) is 11.8 Å². The van der Waals surface area contributed by atoms with E-state index in [9.17, 15) is 9.90 Å². The lowest BCUT2D eigenvalue weighted by molar-refractivity contribution is -0.113. The Labute approximate surface area is 122 Å². The number of nitrogens with zero attached hydrogens (tertiary/aromatic N) is 1. The molecule has 1 aromatic heterocycles. The van der Waals surface area contributed by atoms with E-state index in [4.69, 9.17) is 0 Å². The predicted octanol–water partition coefficient (Wildman–Crippen LogP) is 2.70. The Kier molecular flexibility index (Phi) is 5.43. The van der Waals surface area contributed by atoms with Gasteiger partial charge in [-0.25, -0.2) is 4.98 Å². The summed E-state index contributed by atoms with van der Waals surface area (Å²) in [7, 11) is 0. The summed E-state index contributed by atoms with van der Waals surface area (Å²) in [5, 5.41) is 12.1. The van der Waals surface area contributed by atoms with Gasteiger partial charge in [-0.1, -0.05) is 30.3 Å². The van der Waals surface area contributed by atoms with Crippen molar-refractivity contribution in [2.75, 3.05) is 16.8 Å². The van der Waals surface area contributed by atoms with Crippen molar-refractivity contribution in [3.8, 4) is 5.75 Å². The lowest BCUT2D eigenvalue weighted by Gasteiger charge is -2.05. The third-order valence-corrected chi connectivity index (χ3v) is 3.61. The summed E-state index contributed by atoms with van der Waals surface area (Å²) in [5.74, 6) is 1.27. The highest BCUT2D eigenvalue weighted by molar-refractivity contribution is 7.99. The third kappa shape index (κ3) is 4.59. The van der Waals surface area contributed by atoms with Crippen molar-refractivity contribution in [2.45, 2.75) is 6.42 Å². The molecule has 104 valence electrons. The number of nitrogens with one attached hydrogen (secondary N) is 1. The molecule has 0 saturated heterocycles. The Bertz CT molecular complexity index is 561. The molecule has 4 nitrogen and oxygen atoms in total. The maximum atomic E-state index is 11.7. The van der Waals surface area contributed by atoms with E-state index in [2.05, 4.69) is 22.4 Å². The Morgan fingerprint density at radius 3 is 2.75 bits per heavy atom. The number of rotatable bonds is 6. The van der Waals surface area contributed by atoms with Gasteiger partial charge in [-0.3, -0.25) is 4.79 Å². The van der Waals surface area contributed by atoms with Crippen LogP contribution in [0.15, 0.2) is 48.7 Å². The molecule has 1 amide bonds. The zero-order chi connectivity index (χ0) is 14.2. The molecule has 2 rings (SSSR count). The first-order valence-corrected chi connectivity index (χ1v) is 7.46. The monoisotopic (exact) mass is 288 g/mol. The molecule has 0 bridgehead atoms. The Balaban J connectivity index is 1.69. The first-order chi connectivity index (χ1) is 9.75. The quantitative estimate of drug-likeness (QED) is 0.802. The SMILES string of the molecule is O=C(CSCCc1ccccc1)Nc1ncccc1O. The Hall–Kier alpha value is -2.01. The van der Waals surface area contributed by atoms with Gasteiger partial charge < -0.3 is 10.4 Å². The summed E-state index contributed by atoms with van der Waals surface area (Å²) < 4.78 is 0. The van der Waals surface area contributed by atoms with Gasteiger partial charge in [-0.05, 0) is 29.9 Å². The molecular weight excluding hydrogens is 272 g/mol. The van der Waals surface area contributed by atoms with Gasteiger partial charge in [0.05, 0.1) is 5.75 Å². The van der Waals surface area contributed by atoms with Gasteiger partial charge in [0.15, 0.2) is 11.6 Å². The van der Waals surface area contributed by atoms with Crippen molar-refractivity contribution in [3.05, 3.63) is 54.2 Å². The van der Waals surface area contributed by atoms with Crippen LogP contribution >= 0.6 is 11.8 Å². The highest BCUT2D eigenvalue weighted by Crippen LogP contribution is 2.18. The van der Waals surface area contributed by atoms with Crippen molar-refractivity contribution in [1.29, 1.82) is 0 Å². The first-order valence-electron chi connectivity index (χ1n) is 6.31. The molecule has 0 saturated carbocycles. The molecule has 0 spiro atoms. The van der Waals surface area contributed by atoms with Crippen LogP contribution < -0.4 is 5.32 Å². The number of thioether (sulfide) groups is 1. The van der Waals surface area contributed by atoms with Crippen LogP contribution in [-0.2, 0) is 11.2 Å². The summed E-state index contributed by atoms with van der Waals surface area (Å²) in [6, 6.07) is 13.3. The van der Waals surface area contributed by atoms with Crippen molar-refractivity contribution in [3.63, 3.8) is 0 Å². The van der Waals surface area contributed by atoms with Gasteiger partial charge in [-0.15, -0.1) is 0 Å². The molecule has 1 heterocycles. The molecule has 0 fully saturated rings. The van der Waals surface area contributed by atoms with Crippen molar-refractivity contribution >= 4 is 23.5 Å². The zero-order valence-corrected chi connectivity index (χ0v) is 11.8. The van der Waals surface area contributed by atoms with Crippen LogP contribution in [0.4, 0.5) is 5.82 Å². The van der Waals surface area contributed by atoms with Gasteiger partial charge in [0, 0.05) is 6.20 Å². The standard InChI is InChI=1S/C15H16N2O2S/c18-13-7-4-9-16-15(13)17-14(19)11-20-10-8-12-5-2-1-3-6-12/h1-7,9,18H,8,10-11H2,(H,16,17,19). The number of benzene rings is 1. The Morgan fingerprint density at radius 1 is 1.20 bits per heavy atom. The normalized spacial score (nSPS) is 10.2. The second-order valence-electron chi connectivity index (χ2n) is 4.21. The van der Waals surface area contributed by atoms with Crippen molar-refractivity contribution in [2.24, 2.45) is 0 Å². The minimum Gasteiger partial charge on any atom is -0.504 e. The number of hydrogen-bond donors (Lipinski definition) is 2. The average molecular weight is 288 g/mol. The first kappa shape index (κ1) is 14.4. The summed E-state index contributed by atoms with van der Waals surface area (Å²) in [6.45, 7) is 0. The molecule has 1 aromatic carbocycles. The zero-order valence-electron chi connectivity index (χ0n) is 11.0. The molecule has 20 heavy (non-hydrogen) atoms. The highest BCUT2D eigenvalue weighted by Gasteiger charge is 2.06. The van der Waals surface area contributed by atoms with E-state index < -0.39 is 0 Å². The minimum atomic E-state index is -0.155. The van der Waals surface area contributed by atoms with E-state index in [1.165, 1.54) is 17.8 Å². The maximum Gasteiger partial charge on any atom is 0.235 e. The molecule has 0 aliphatic carbocycles. The fourth-order valence-corrected chi connectivity index (χ4v) is 2.44. The van der Waals surface area contributed by atoms with E-state index in [0.717, 1.165) is 12.2 Å². The van der Waals surface area contributed by atoms with Crippen LogP contribution in [-0.4, -0.2) is 27.5 Å². The fourth-order valence-electron chi connectivity index (χ4n) is 1.66. The average Bonchev–Trinajstić information content (AvgIpc) is 2.47. The summed E-state index contributed by atoms with van der Waals surface area (Å²) >= 11 is 1.56. The number of aryl methyl sites for hydroxylation is 1. The lowest BCUT2D eigenvalue weighted by Crippen LogP contribution is -2.15. The molecule has 0 radical (unpaired) electrons. The molecular formula is C15H16N2O2S. The van der Waals surface area contributed by atoms with Crippen LogP contribution in [0.5, 0.6) is 5.75 Å². The van der Waals surface area contributed by atoms with Gasteiger partial charge in [0.25, 0.3) is 0 Å². The minimum absolute atomic E-state index is 0.0184. The number of aromatic nitrogens is 1. The summed E-state index contributed by atoms with van der Waals surface area (Å²) in [5.41, 5.74) is 1.27. The van der Waals surface area contributed by atoms with E-state index in [1.54, 1.807) is 17.8 Å². The number of hydrogen-bond acceptors (Lipinski definition) is 4. The molecule has 0 atom stereocenters. The summed E-state index contributed by atoms with van der Waals surface area (Å²) in [6.07, 6.45) is 2.46. The molecule has 0 unspecified atom stereocenters. The number of carbonyl (C=O) groups is 1. The van der Waals surface area contributed by atoms with Crippen LogP contribution in [0.25, 0.3) is 0 Å². The van der Waals surface area contributed by atoms with Crippen molar-refractivity contribution in [1.82, 2.24) is 4.98 Å². The highest BCUT2D eigenvalue weighted by atomic mass is 32.2. The van der Waals surface area contributed by atoms with E-state index in [1.807, 2.05) is 18.2 Å². The number of amides is 1. The second kappa shape index (κ2) is 7.55. The summed E-state index contributed by atoms with van der Waals surface area (Å²) in [4.78, 5) is 15.6. The second-order valence-corrected chi connectivity index (χ2v) is 5.31. The van der Waals surface area contributed by atoms with Gasteiger partial charge >= 0.3 is 0 Å². The van der Waals surface area contributed by atoms with Crippen LogP contribution in [0.1, 0.15) is 5.56 Å². The van der Waals surface area contributed by atoms with Gasteiger partial charge in [0.1, 0.15) is 0 Å². The maximum absolute atomic E-state index is 11.7. The van der Waals surface area contributed by atoms with E-state index in [0.29, 0.717) is 5.75 Å². The smallest absolute Gasteiger partial charge is 0.235 e. The van der Waals surface area contributed by atoms with Crippen molar-refractivity contribution < 1.29 is 9.90 Å². The molecule has 2 aromatic rings. The molecule has 0 aliphatic rings. The van der Waals surface area contributed by atoms with Gasteiger partial charge in [0.2, 0.25) is 5.91 Å². The number of carbonyl (C=O) groups excluding carboxylic acids is 1. The molecule has 2 N–H and O–H groups in total. The van der Waals surface area contributed by atoms with E-state index >= 15 is 0 Å². The lowest BCUT2D eigenvalue weighted by atomic mass is 10.2. The van der Waals surface area contributed by atoms with Crippen LogP contribution in [0.3, 0.4) is 0 Å². The molecule has 5 heteroatoms. The number of anilines is 1. The van der Waals surface area contributed by atoms with Crippen LogP contribution in [0, 0.1) is 0 Å². The van der Waals surface area contributed by atoms with E-state index in [-0.39, 0.29) is 17.5 Å². The topological polar surface area (TPSA) is 62.2 Å². The van der Waals surface area contributed by atoms with Crippen LogP contribution in [0.2, 0.25) is 0 Å². The fraction of sp³-hybridized carbons (Fsp3) is 0.200. The predicted molar refractivity (Wildman–Crippen MR) is 82.0 cm³/mol.